The number of para-hydroxylation sites is 1. The molecule has 1 saturated heterocycles. The highest BCUT2D eigenvalue weighted by Gasteiger charge is 2.31. The number of carboxylic acids is 1. The van der Waals surface area contributed by atoms with Crippen molar-refractivity contribution in [3.8, 4) is 5.69 Å². The first kappa shape index (κ1) is 16.3. The Balaban J connectivity index is 1.67. The van der Waals surface area contributed by atoms with Gasteiger partial charge in [0, 0.05) is 24.3 Å². The fraction of sp³-hybridized carbons (Fsp3) is 0.250. The highest BCUT2D eigenvalue weighted by molar-refractivity contribution is 5.98. The summed E-state index contributed by atoms with van der Waals surface area (Å²) >= 11 is 0. The molecular formula is C20H19N3O3. The molecule has 3 aromatic rings. The van der Waals surface area contributed by atoms with Gasteiger partial charge in [0.1, 0.15) is 5.82 Å². The van der Waals surface area contributed by atoms with Crippen LogP contribution in [0.25, 0.3) is 16.7 Å². The Hall–Kier alpha value is -3.15. The molecule has 2 heterocycles. The molecule has 1 aliphatic rings. The van der Waals surface area contributed by atoms with Gasteiger partial charge in [-0.2, -0.15) is 0 Å². The third kappa shape index (κ3) is 2.73. The summed E-state index contributed by atoms with van der Waals surface area (Å²) < 4.78 is 2.06. The first-order valence-corrected chi connectivity index (χ1v) is 8.61. The number of imidazole rings is 1. The fourth-order valence-corrected chi connectivity index (χ4v) is 3.57. The fourth-order valence-electron chi connectivity index (χ4n) is 3.57. The van der Waals surface area contributed by atoms with Crippen LogP contribution < -0.4 is 0 Å². The van der Waals surface area contributed by atoms with Gasteiger partial charge in [-0.25, -0.2) is 4.98 Å². The molecule has 0 radical (unpaired) electrons. The van der Waals surface area contributed by atoms with E-state index >= 15 is 0 Å². The Morgan fingerprint density at radius 2 is 1.92 bits per heavy atom. The van der Waals surface area contributed by atoms with Gasteiger partial charge in [0.25, 0.3) is 5.91 Å². The van der Waals surface area contributed by atoms with Gasteiger partial charge < -0.3 is 10.0 Å². The number of carboxylic acid groups (broad SMARTS) is 1. The van der Waals surface area contributed by atoms with E-state index in [1.807, 2.05) is 43.3 Å². The Kier molecular flexibility index (Phi) is 3.95. The first-order chi connectivity index (χ1) is 12.5. The van der Waals surface area contributed by atoms with Gasteiger partial charge in [-0.3, -0.25) is 14.2 Å². The first-order valence-electron chi connectivity index (χ1n) is 8.61. The molecule has 1 aromatic heterocycles. The molecule has 1 unspecified atom stereocenters. The van der Waals surface area contributed by atoms with E-state index in [4.69, 9.17) is 5.11 Å². The molecule has 132 valence electrons. The number of amides is 1. The van der Waals surface area contributed by atoms with E-state index in [2.05, 4.69) is 9.55 Å². The second-order valence-corrected chi connectivity index (χ2v) is 6.61. The second kappa shape index (κ2) is 6.29. The van der Waals surface area contributed by atoms with Crippen LogP contribution in [0.3, 0.4) is 0 Å². The normalized spacial score (nSPS) is 17.0. The largest absolute Gasteiger partial charge is 0.481 e. The zero-order chi connectivity index (χ0) is 18.3. The molecule has 1 aliphatic heterocycles. The van der Waals surface area contributed by atoms with Crippen LogP contribution in [0.5, 0.6) is 0 Å². The van der Waals surface area contributed by atoms with Crippen LogP contribution in [-0.2, 0) is 4.79 Å². The number of benzene rings is 2. The molecule has 0 bridgehead atoms. The van der Waals surface area contributed by atoms with Gasteiger partial charge in [-0.1, -0.05) is 18.2 Å². The third-order valence-electron chi connectivity index (χ3n) is 4.91. The smallest absolute Gasteiger partial charge is 0.308 e. The van der Waals surface area contributed by atoms with Crippen molar-refractivity contribution >= 4 is 22.9 Å². The van der Waals surface area contributed by atoms with E-state index in [-0.39, 0.29) is 12.5 Å². The molecule has 0 saturated carbocycles. The van der Waals surface area contributed by atoms with Crippen molar-refractivity contribution in [1.82, 2.24) is 14.5 Å². The Morgan fingerprint density at radius 3 is 2.62 bits per heavy atom. The number of carbonyl (C=O) groups is 2. The summed E-state index contributed by atoms with van der Waals surface area (Å²) in [5.41, 5.74) is 3.26. The van der Waals surface area contributed by atoms with Gasteiger partial charge in [0.15, 0.2) is 0 Å². The minimum atomic E-state index is -0.840. The van der Waals surface area contributed by atoms with Gasteiger partial charge >= 0.3 is 5.97 Å². The number of hydrogen-bond donors (Lipinski definition) is 1. The molecule has 0 spiro atoms. The predicted molar refractivity (Wildman–Crippen MR) is 97.5 cm³/mol. The Bertz CT molecular complexity index is 994. The quantitative estimate of drug-likeness (QED) is 0.789. The van der Waals surface area contributed by atoms with E-state index in [1.54, 1.807) is 17.0 Å². The standard InChI is InChI=1S/C20H19N3O3/c1-13-21-17-11-14(19(24)22-10-9-15(12-22)20(25)26)7-8-18(17)23(13)16-5-3-2-4-6-16/h2-8,11,15H,9-10,12H2,1H3,(H,25,26). The summed E-state index contributed by atoms with van der Waals surface area (Å²) in [4.78, 5) is 30.0. The highest BCUT2D eigenvalue weighted by atomic mass is 16.4. The lowest BCUT2D eigenvalue weighted by Crippen LogP contribution is -2.29. The maximum Gasteiger partial charge on any atom is 0.308 e. The summed E-state index contributed by atoms with van der Waals surface area (Å²) in [5.74, 6) is -0.597. The van der Waals surface area contributed by atoms with Crippen LogP contribution in [0.2, 0.25) is 0 Å². The van der Waals surface area contributed by atoms with Crippen LogP contribution in [0, 0.1) is 12.8 Å². The number of aromatic nitrogens is 2. The monoisotopic (exact) mass is 349 g/mol. The number of aliphatic carboxylic acids is 1. The summed E-state index contributed by atoms with van der Waals surface area (Å²) in [6, 6.07) is 15.4. The number of carbonyl (C=O) groups excluding carboxylic acids is 1. The van der Waals surface area contributed by atoms with E-state index < -0.39 is 11.9 Å². The summed E-state index contributed by atoms with van der Waals surface area (Å²) in [6.45, 7) is 2.68. The maximum absolute atomic E-state index is 12.7. The van der Waals surface area contributed by atoms with E-state index in [1.165, 1.54) is 0 Å². The van der Waals surface area contributed by atoms with Crippen molar-refractivity contribution in [2.45, 2.75) is 13.3 Å². The second-order valence-electron chi connectivity index (χ2n) is 6.61. The summed E-state index contributed by atoms with van der Waals surface area (Å²) in [7, 11) is 0. The summed E-state index contributed by atoms with van der Waals surface area (Å²) in [6.07, 6.45) is 0.505. The van der Waals surface area contributed by atoms with Crippen LogP contribution in [-0.4, -0.2) is 44.5 Å². The number of nitrogens with zero attached hydrogens (tertiary/aromatic N) is 3. The molecule has 26 heavy (non-hydrogen) atoms. The number of hydrogen-bond acceptors (Lipinski definition) is 3. The molecule has 1 N–H and O–H groups in total. The average molecular weight is 349 g/mol. The van der Waals surface area contributed by atoms with Gasteiger partial charge in [-0.05, 0) is 43.7 Å². The Labute approximate surface area is 150 Å². The average Bonchev–Trinajstić information content (AvgIpc) is 3.25. The van der Waals surface area contributed by atoms with Crippen molar-refractivity contribution in [1.29, 1.82) is 0 Å². The van der Waals surface area contributed by atoms with Crippen molar-refractivity contribution < 1.29 is 14.7 Å². The molecule has 1 amide bonds. The summed E-state index contributed by atoms with van der Waals surface area (Å²) in [5, 5.41) is 9.12. The van der Waals surface area contributed by atoms with Crippen molar-refractivity contribution in [2.75, 3.05) is 13.1 Å². The Morgan fingerprint density at radius 1 is 1.15 bits per heavy atom. The number of rotatable bonds is 3. The van der Waals surface area contributed by atoms with Crippen LogP contribution in [0.15, 0.2) is 48.5 Å². The molecule has 6 heteroatoms. The predicted octanol–water partition coefficient (Wildman–Crippen LogP) is 2.88. The van der Waals surface area contributed by atoms with Gasteiger partial charge in [0.2, 0.25) is 0 Å². The van der Waals surface area contributed by atoms with Crippen LogP contribution >= 0.6 is 0 Å². The topological polar surface area (TPSA) is 75.4 Å². The zero-order valence-corrected chi connectivity index (χ0v) is 14.4. The highest BCUT2D eigenvalue weighted by Crippen LogP contribution is 2.24. The minimum absolute atomic E-state index is 0.137. The lowest BCUT2D eigenvalue weighted by Gasteiger charge is -2.15. The van der Waals surface area contributed by atoms with E-state index in [9.17, 15) is 9.59 Å². The van der Waals surface area contributed by atoms with Crippen molar-refractivity contribution in [2.24, 2.45) is 5.92 Å². The van der Waals surface area contributed by atoms with Crippen molar-refractivity contribution in [3.63, 3.8) is 0 Å². The van der Waals surface area contributed by atoms with Crippen LogP contribution in [0.1, 0.15) is 22.6 Å². The number of fused-ring (bicyclic) bond motifs is 1. The molecule has 2 aromatic carbocycles. The molecule has 1 atom stereocenters. The maximum atomic E-state index is 12.7. The zero-order valence-electron chi connectivity index (χ0n) is 14.4. The van der Waals surface area contributed by atoms with E-state index in [0.717, 1.165) is 22.5 Å². The van der Waals surface area contributed by atoms with Crippen LogP contribution in [0.4, 0.5) is 0 Å². The van der Waals surface area contributed by atoms with Crippen molar-refractivity contribution in [3.05, 3.63) is 59.9 Å². The lowest BCUT2D eigenvalue weighted by atomic mass is 10.1. The van der Waals surface area contributed by atoms with E-state index in [0.29, 0.717) is 18.5 Å². The third-order valence-corrected chi connectivity index (χ3v) is 4.91. The molecule has 6 nitrogen and oxygen atoms in total. The number of likely N-dealkylation sites (tertiary alicyclic amines) is 1. The minimum Gasteiger partial charge on any atom is -0.481 e. The SMILES string of the molecule is Cc1nc2cc(C(=O)N3CCC(C(=O)O)C3)ccc2n1-c1ccccc1. The molecule has 0 aliphatic carbocycles. The van der Waals surface area contributed by atoms with Gasteiger partial charge in [-0.15, -0.1) is 0 Å². The van der Waals surface area contributed by atoms with Gasteiger partial charge in [0.05, 0.1) is 17.0 Å². The molecular weight excluding hydrogens is 330 g/mol. The molecule has 1 fully saturated rings. The molecule has 4 rings (SSSR count). The lowest BCUT2D eigenvalue weighted by molar-refractivity contribution is -0.141. The number of aryl methyl sites for hydroxylation is 1.